The Hall–Kier alpha value is -3.01. The quantitative estimate of drug-likeness (QED) is 0.0195. The molecule has 412 valence electrons. The molecule has 0 aromatic rings. The number of carbonyl (C=O) groups excluding carboxylic acids is 3. The molecule has 0 aromatic carbocycles. The van der Waals surface area contributed by atoms with Gasteiger partial charge in [0.05, 0.1) is 40.3 Å². The lowest BCUT2D eigenvalue weighted by molar-refractivity contribution is -0.870. The van der Waals surface area contributed by atoms with Crippen molar-refractivity contribution in [2.24, 2.45) is 0 Å². The maximum atomic E-state index is 12.8. The summed E-state index contributed by atoms with van der Waals surface area (Å²) in [5.74, 6) is -2.30. The van der Waals surface area contributed by atoms with Crippen LogP contribution in [-0.2, 0) is 33.3 Å². The van der Waals surface area contributed by atoms with E-state index in [0.717, 1.165) is 77.0 Å². The maximum Gasteiger partial charge on any atom is 0.306 e. The second-order valence-corrected chi connectivity index (χ2v) is 20.9. The van der Waals surface area contributed by atoms with Gasteiger partial charge in [-0.3, -0.25) is 9.59 Å². The van der Waals surface area contributed by atoms with Crippen LogP contribution in [0.5, 0.6) is 0 Å². The average Bonchev–Trinajstić information content (AvgIpc) is 3.34. The summed E-state index contributed by atoms with van der Waals surface area (Å²) < 4.78 is 22.7. The molecule has 0 rings (SSSR count). The molecular formula is C62H111NO8. The fraction of sp³-hybridized carbons (Fsp3) is 0.790. The minimum atomic E-state index is -1.63. The number of nitrogens with zero attached hydrogens (tertiary/aromatic N) is 1. The molecule has 0 amide bonds. The molecule has 0 saturated heterocycles. The predicted molar refractivity (Wildman–Crippen MR) is 297 cm³/mol. The van der Waals surface area contributed by atoms with Gasteiger partial charge in [0.1, 0.15) is 13.2 Å². The third-order valence-electron chi connectivity index (χ3n) is 12.7. The van der Waals surface area contributed by atoms with Gasteiger partial charge in [-0.25, -0.2) is 0 Å². The zero-order chi connectivity index (χ0) is 52.0. The van der Waals surface area contributed by atoms with E-state index in [1.165, 1.54) is 148 Å². The molecule has 0 aromatic heterocycles. The third kappa shape index (κ3) is 54.6. The summed E-state index contributed by atoms with van der Waals surface area (Å²) >= 11 is 0. The fourth-order valence-corrected chi connectivity index (χ4v) is 8.23. The molecule has 9 heteroatoms. The van der Waals surface area contributed by atoms with Crippen molar-refractivity contribution in [2.45, 2.75) is 270 Å². The van der Waals surface area contributed by atoms with Gasteiger partial charge in [-0.1, -0.05) is 229 Å². The SMILES string of the molecule is CC/C=C\C/C=C\C/C=C\CCCCCCCC(=O)OC(COC(=O)CCCCCCCCCCCCCCCCCCCCC/C=C\C/C=C\CCCCCCC)COC(OCC[N+](C)(C)C)C(=O)[O-]. The van der Waals surface area contributed by atoms with E-state index < -0.39 is 24.3 Å². The molecule has 0 radical (unpaired) electrons. The van der Waals surface area contributed by atoms with Gasteiger partial charge in [-0.2, -0.15) is 0 Å². The van der Waals surface area contributed by atoms with Crippen LogP contribution in [0.1, 0.15) is 258 Å². The highest BCUT2D eigenvalue weighted by atomic mass is 16.7. The molecule has 0 N–H and O–H groups in total. The molecule has 0 spiro atoms. The topological polar surface area (TPSA) is 111 Å². The van der Waals surface area contributed by atoms with Gasteiger partial charge in [0.15, 0.2) is 12.4 Å². The number of carboxylic acid groups (broad SMARTS) is 1. The van der Waals surface area contributed by atoms with E-state index in [1.807, 2.05) is 21.1 Å². The number of carbonyl (C=O) groups is 3. The number of allylic oxidation sites excluding steroid dienone is 10. The lowest BCUT2D eigenvalue weighted by atomic mass is 10.0. The Morgan fingerprint density at radius 2 is 0.803 bits per heavy atom. The number of quaternary nitrogens is 1. The average molecular weight is 999 g/mol. The van der Waals surface area contributed by atoms with Gasteiger partial charge < -0.3 is 33.3 Å². The zero-order valence-electron chi connectivity index (χ0n) is 46.8. The first-order valence-electron chi connectivity index (χ1n) is 29.4. The molecule has 9 nitrogen and oxygen atoms in total. The van der Waals surface area contributed by atoms with E-state index in [4.69, 9.17) is 18.9 Å². The number of aliphatic carboxylic acids is 1. The Morgan fingerprint density at radius 3 is 1.20 bits per heavy atom. The van der Waals surface area contributed by atoms with Crippen molar-refractivity contribution >= 4 is 17.9 Å². The monoisotopic (exact) mass is 998 g/mol. The van der Waals surface area contributed by atoms with Gasteiger partial charge in [0.25, 0.3) is 0 Å². The lowest BCUT2D eigenvalue weighted by Crippen LogP contribution is -2.44. The Kier molecular flexibility index (Phi) is 51.0. The first kappa shape index (κ1) is 68.0. The number of esters is 2. The van der Waals surface area contributed by atoms with Crippen molar-refractivity contribution in [1.82, 2.24) is 0 Å². The standard InChI is InChI=1S/C62H111NO8/c1-6-8-10-12-14-16-18-20-22-23-24-25-26-27-28-29-30-31-32-33-34-35-36-37-39-40-42-44-46-48-50-52-59(64)69-56-58(57-70-62(61(66)67)68-55-54-63(3,4)5)71-60(65)53-51-49-47-45-43-41-38-21-19-17-15-13-11-9-7-2/h9,11,15,17-18,20-21,23-24,38,58,62H,6-8,10,12-14,16,19,22,25-37,39-57H2,1-5H3/b11-9-,17-15-,20-18-,24-23-,38-21-. The van der Waals surface area contributed by atoms with Crippen LogP contribution < -0.4 is 5.11 Å². The van der Waals surface area contributed by atoms with Crippen LogP contribution in [0.2, 0.25) is 0 Å². The van der Waals surface area contributed by atoms with Gasteiger partial charge in [0.2, 0.25) is 0 Å². The largest absolute Gasteiger partial charge is 0.545 e. The van der Waals surface area contributed by atoms with E-state index in [1.54, 1.807) is 0 Å². The van der Waals surface area contributed by atoms with Crippen molar-refractivity contribution in [3.63, 3.8) is 0 Å². The third-order valence-corrected chi connectivity index (χ3v) is 12.7. The summed E-state index contributed by atoms with van der Waals surface area (Å²) in [4.78, 5) is 37.2. The van der Waals surface area contributed by atoms with Gasteiger partial charge in [0, 0.05) is 12.8 Å². The molecule has 0 bridgehead atoms. The molecule has 2 atom stereocenters. The lowest BCUT2D eigenvalue weighted by Gasteiger charge is -2.26. The summed E-state index contributed by atoms with van der Waals surface area (Å²) in [5, 5.41) is 11.8. The Bertz CT molecular complexity index is 1350. The molecule has 0 aliphatic carbocycles. The van der Waals surface area contributed by atoms with Crippen molar-refractivity contribution in [1.29, 1.82) is 0 Å². The maximum absolute atomic E-state index is 12.8. The highest BCUT2D eigenvalue weighted by Gasteiger charge is 2.22. The molecular weight excluding hydrogens is 887 g/mol. The van der Waals surface area contributed by atoms with E-state index in [9.17, 15) is 19.5 Å². The smallest absolute Gasteiger partial charge is 0.306 e. The van der Waals surface area contributed by atoms with Gasteiger partial charge in [-0.05, 0) is 77.0 Å². The number of hydrogen-bond acceptors (Lipinski definition) is 8. The summed E-state index contributed by atoms with van der Waals surface area (Å²) in [7, 11) is 5.91. The van der Waals surface area contributed by atoms with E-state index in [2.05, 4.69) is 74.6 Å². The van der Waals surface area contributed by atoms with Gasteiger partial charge >= 0.3 is 11.9 Å². The second kappa shape index (κ2) is 53.3. The van der Waals surface area contributed by atoms with Crippen LogP contribution in [0.3, 0.4) is 0 Å². The summed E-state index contributed by atoms with van der Waals surface area (Å²) in [6.45, 7) is 4.62. The Balaban J connectivity index is 4.10. The number of hydrogen-bond donors (Lipinski definition) is 0. The predicted octanol–water partition coefficient (Wildman–Crippen LogP) is 15.9. The van der Waals surface area contributed by atoms with Crippen molar-refractivity contribution in [3.8, 4) is 0 Å². The normalized spacial score (nSPS) is 13.2. The molecule has 0 saturated carbocycles. The minimum Gasteiger partial charge on any atom is -0.545 e. The fourth-order valence-electron chi connectivity index (χ4n) is 8.23. The highest BCUT2D eigenvalue weighted by molar-refractivity contribution is 5.70. The molecule has 0 fully saturated rings. The van der Waals surface area contributed by atoms with E-state index >= 15 is 0 Å². The molecule has 0 aliphatic heterocycles. The Morgan fingerprint density at radius 1 is 0.437 bits per heavy atom. The first-order valence-corrected chi connectivity index (χ1v) is 29.4. The molecule has 71 heavy (non-hydrogen) atoms. The second-order valence-electron chi connectivity index (χ2n) is 20.9. The summed E-state index contributed by atoms with van der Waals surface area (Å²) in [6.07, 6.45) is 64.3. The van der Waals surface area contributed by atoms with Crippen molar-refractivity contribution < 1.29 is 42.9 Å². The van der Waals surface area contributed by atoms with Crippen molar-refractivity contribution in [2.75, 3.05) is 47.5 Å². The van der Waals surface area contributed by atoms with Crippen LogP contribution >= 0.6 is 0 Å². The van der Waals surface area contributed by atoms with Crippen molar-refractivity contribution in [3.05, 3.63) is 60.8 Å². The number of carboxylic acids is 1. The van der Waals surface area contributed by atoms with Crippen LogP contribution in [0.15, 0.2) is 60.8 Å². The summed E-state index contributed by atoms with van der Waals surface area (Å²) in [5.41, 5.74) is 0. The Labute approximate surface area is 437 Å². The highest BCUT2D eigenvalue weighted by Crippen LogP contribution is 2.16. The van der Waals surface area contributed by atoms with Gasteiger partial charge in [-0.15, -0.1) is 0 Å². The first-order chi connectivity index (χ1) is 34.6. The van der Waals surface area contributed by atoms with Crippen LogP contribution in [0.4, 0.5) is 0 Å². The number of ether oxygens (including phenoxy) is 4. The zero-order valence-corrected chi connectivity index (χ0v) is 46.8. The number of rotatable bonds is 54. The van der Waals surface area contributed by atoms with Crippen LogP contribution in [-0.4, -0.2) is 82.3 Å². The van der Waals surface area contributed by atoms with Crippen LogP contribution in [0, 0.1) is 0 Å². The number of unbranched alkanes of at least 4 members (excludes halogenated alkanes) is 29. The molecule has 2 unspecified atom stereocenters. The van der Waals surface area contributed by atoms with E-state index in [-0.39, 0.29) is 38.6 Å². The number of likely N-dealkylation sites (N-methyl/N-ethyl adjacent to an activating group) is 1. The summed E-state index contributed by atoms with van der Waals surface area (Å²) in [6, 6.07) is 0. The molecule has 0 heterocycles. The minimum absolute atomic E-state index is 0.143. The van der Waals surface area contributed by atoms with E-state index in [0.29, 0.717) is 17.4 Å². The molecule has 0 aliphatic rings. The van der Waals surface area contributed by atoms with Crippen LogP contribution in [0.25, 0.3) is 0 Å².